The lowest BCUT2D eigenvalue weighted by Gasteiger charge is -2.09. The van der Waals surface area contributed by atoms with Crippen molar-refractivity contribution in [1.82, 2.24) is 4.98 Å². The van der Waals surface area contributed by atoms with Crippen LogP contribution in [0.25, 0.3) is 0 Å². The van der Waals surface area contributed by atoms with Crippen LogP contribution in [0.15, 0.2) is 77.9 Å². The number of aliphatic imine (C=N–C) groups is 1. The SMILES string of the molecule is Cc1ccc(Oc2ccccc2)c(N=Cc2ccccn2)c1. The van der Waals surface area contributed by atoms with E-state index in [1.807, 2.05) is 73.7 Å². The van der Waals surface area contributed by atoms with Gasteiger partial charge >= 0.3 is 0 Å². The summed E-state index contributed by atoms with van der Waals surface area (Å²) < 4.78 is 5.92. The lowest BCUT2D eigenvalue weighted by atomic mass is 10.2. The van der Waals surface area contributed by atoms with Crippen LogP contribution in [0.3, 0.4) is 0 Å². The summed E-state index contributed by atoms with van der Waals surface area (Å²) in [5.41, 5.74) is 2.73. The molecule has 0 bridgehead atoms. The minimum Gasteiger partial charge on any atom is -0.455 e. The van der Waals surface area contributed by atoms with Gasteiger partial charge in [0.05, 0.1) is 11.9 Å². The van der Waals surface area contributed by atoms with Crippen LogP contribution in [0, 0.1) is 6.92 Å². The first kappa shape index (κ1) is 14.0. The Morgan fingerprint density at radius 3 is 2.55 bits per heavy atom. The first-order valence-corrected chi connectivity index (χ1v) is 7.10. The topological polar surface area (TPSA) is 34.5 Å². The Labute approximate surface area is 130 Å². The zero-order chi connectivity index (χ0) is 15.2. The quantitative estimate of drug-likeness (QED) is 0.638. The number of benzene rings is 2. The Kier molecular flexibility index (Phi) is 4.25. The Morgan fingerprint density at radius 1 is 0.955 bits per heavy atom. The van der Waals surface area contributed by atoms with Gasteiger partial charge in [0.25, 0.3) is 0 Å². The molecule has 0 saturated heterocycles. The van der Waals surface area contributed by atoms with Crippen LogP contribution in [0.5, 0.6) is 11.5 Å². The first-order valence-electron chi connectivity index (χ1n) is 7.10. The van der Waals surface area contributed by atoms with Gasteiger partial charge in [-0.3, -0.25) is 9.98 Å². The van der Waals surface area contributed by atoms with Crippen LogP contribution in [0.2, 0.25) is 0 Å². The summed E-state index contributed by atoms with van der Waals surface area (Å²) in [6, 6.07) is 21.4. The molecule has 1 aromatic heterocycles. The molecule has 0 unspecified atom stereocenters. The molecule has 0 N–H and O–H groups in total. The summed E-state index contributed by atoms with van der Waals surface area (Å²) in [6.07, 6.45) is 3.49. The molecule has 0 saturated carbocycles. The van der Waals surface area contributed by atoms with Crippen LogP contribution in [0.1, 0.15) is 11.3 Å². The van der Waals surface area contributed by atoms with Crippen molar-refractivity contribution in [3.63, 3.8) is 0 Å². The molecule has 3 heteroatoms. The number of nitrogens with zero attached hydrogens (tertiary/aromatic N) is 2. The summed E-state index contributed by atoms with van der Waals surface area (Å²) in [7, 11) is 0. The number of aryl methyl sites for hydroxylation is 1. The van der Waals surface area contributed by atoms with E-state index >= 15 is 0 Å². The number of rotatable bonds is 4. The number of para-hydroxylation sites is 1. The van der Waals surface area contributed by atoms with Gasteiger partial charge in [0.2, 0.25) is 0 Å². The van der Waals surface area contributed by atoms with E-state index in [0.29, 0.717) is 0 Å². The highest BCUT2D eigenvalue weighted by atomic mass is 16.5. The van der Waals surface area contributed by atoms with Crippen molar-refractivity contribution in [2.24, 2.45) is 4.99 Å². The number of ether oxygens (including phenoxy) is 1. The summed E-state index contributed by atoms with van der Waals surface area (Å²) in [5.74, 6) is 1.52. The third kappa shape index (κ3) is 3.58. The van der Waals surface area contributed by atoms with E-state index in [1.165, 1.54) is 0 Å². The predicted octanol–water partition coefficient (Wildman–Crippen LogP) is 4.93. The molecular formula is C19H16N2O. The molecule has 3 nitrogen and oxygen atoms in total. The van der Waals surface area contributed by atoms with Gasteiger partial charge in [0.1, 0.15) is 11.4 Å². The molecule has 0 spiro atoms. The smallest absolute Gasteiger partial charge is 0.153 e. The van der Waals surface area contributed by atoms with E-state index in [1.54, 1.807) is 12.4 Å². The van der Waals surface area contributed by atoms with Gasteiger partial charge in [-0.05, 0) is 48.9 Å². The third-order valence-electron chi connectivity index (χ3n) is 3.11. The largest absolute Gasteiger partial charge is 0.455 e. The van der Waals surface area contributed by atoms with Gasteiger partial charge < -0.3 is 4.74 Å². The summed E-state index contributed by atoms with van der Waals surface area (Å²) in [6.45, 7) is 2.03. The molecular weight excluding hydrogens is 272 g/mol. The van der Waals surface area contributed by atoms with Crippen LogP contribution >= 0.6 is 0 Å². The van der Waals surface area contributed by atoms with E-state index in [2.05, 4.69) is 9.98 Å². The fraction of sp³-hybridized carbons (Fsp3) is 0.0526. The van der Waals surface area contributed by atoms with E-state index in [9.17, 15) is 0 Å². The normalized spacial score (nSPS) is 10.8. The van der Waals surface area contributed by atoms with E-state index in [0.717, 1.165) is 28.4 Å². The van der Waals surface area contributed by atoms with Crippen molar-refractivity contribution in [3.05, 3.63) is 84.2 Å². The summed E-state index contributed by atoms with van der Waals surface area (Å²) in [5, 5.41) is 0. The highest BCUT2D eigenvalue weighted by Crippen LogP contribution is 2.32. The molecule has 0 amide bonds. The van der Waals surface area contributed by atoms with E-state index < -0.39 is 0 Å². The second kappa shape index (κ2) is 6.68. The van der Waals surface area contributed by atoms with Gasteiger partial charge in [-0.1, -0.05) is 30.3 Å². The summed E-state index contributed by atoms with van der Waals surface area (Å²) >= 11 is 0. The molecule has 0 aliphatic carbocycles. The number of aromatic nitrogens is 1. The van der Waals surface area contributed by atoms with Crippen molar-refractivity contribution < 1.29 is 4.74 Å². The predicted molar refractivity (Wildman–Crippen MR) is 89.2 cm³/mol. The molecule has 0 aliphatic heterocycles. The Hall–Kier alpha value is -2.94. The maximum atomic E-state index is 5.92. The number of hydrogen-bond donors (Lipinski definition) is 0. The minimum absolute atomic E-state index is 0.726. The van der Waals surface area contributed by atoms with Gasteiger partial charge in [-0.15, -0.1) is 0 Å². The van der Waals surface area contributed by atoms with Gasteiger partial charge in [-0.2, -0.15) is 0 Å². The zero-order valence-corrected chi connectivity index (χ0v) is 12.3. The van der Waals surface area contributed by atoms with E-state index in [-0.39, 0.29) is 0 Å². The van der Waals surface area contributed by atoms with E-state index in [4.69, 9.17) is 4.74 Å². The maximum Gasteiger partial charge on any atom is 0.153 e. The first-order chi connectivity index (χ1) is 10.8. The average Bonchev–Trinajstić information content (AvgIpc) is 2.57. The molecule has 1 heterocycles. The number of hydrogen-bond acceptors (Lipinski definition) is 3. The van der Waals surface area contributed by atoms with Crippen molar-refractivity contribution in [2.45, 2.75) is 6.92 Å². The monoisotopic (exact) mass is 288 g/mol. The highest BCUT2D eigenvalue weighted by molar-refractivity contribution is 5.80. The molecule has 0 fully saturated rings. The molecule has 3 aromatic rings. The molecule has 2 aromatic carbocycles. The van der Waals surface area contributed by atoms with Gasteiger partial charge in [0, 0.05) is 6.20 Å². The Morgan fingerprint density at radius 2 is 1.77 bits per heavy atom. The Balaban J connectivity index is 1.89. The number of pyridine rings is 1. The fourth-order valence-corrected chi connectivity index (χ4v) is 2.02. The zero-order valence-electron chi connectivity index (χ0n) is 12.3. The van der Waals surface area contributed by atoms with Crippen LogP contribution < -0.4 is 4.74 Å². The molecule has 3 rings (SSSR count). The van der Waals surface area contributed by atoms with Crippen molar-refractivity contribution >= 4 is 11.9 Å². The molecule has 0 atom stereocenters. The molecule has 22 heavy (non-hydrogen) atoms. The van der Waals surface area contributed by atoms with Crippen LogP contribution in [-0.4, -0.2) is 11.2 Å². The van der Waals surface area contributed by atoms with Crippen LogP contribution in [-0.2, 0) is 0 Å². The fourth-order valence-electron chi connectivity index (χ4n) is 2.02. The summed E-state index contributed by atoms with van der Waals surface area (Å²) in [4.78, 5) is 8.76. The standard InChI is InChI=1S/C19H16N2O/c1-15-10-11-19(22-17-8-3-2-4-9-17)18(13-15)21-14-16-7-5-6-12-20-16/h2-14H,1H3. The van der Waals surface area contributed by atoms with Crippen molar-refractivity contribution in [3.8, 4) is 11.5 Å². The maximum absolute atomic E-state index is 5.92. The molecule has 0 radical (unpaired) electrons. The molecule has 0 aliphatic rings. The molecule has 108 valence electrons. The van der Waals surface area contributed by atoms with Gasteiger partial charge in [0.15, 0.2) is 5.75 Å². The minimum atomic E-state index is 0.726. The third-order valence-corrected chi connectivity index (χ3v) is 3.11. The van der Waals surface area contributed by atoms with Crippen molar-refractivity contribution in [1.29, 1.82) is 0 Å². The Bertz CT molecular complexity index is 768. The second-order valence-electron chi connectivity index (χ2n) is 4.90. The lowest BCUT2D eigenvalue weighted by molar-refractivity contribution is 0.484. The average molecular weight is 288 g/mol. The van der Waals surface area contributed by atoms with Crippen LogP contribution in [0.4, 0.5) is 5.69 Å². The van der Waals surface area contributed by atoms with Gasteiger partial charge in [-0.25, -0.2) is 0 Å². The second-order valence-corrected chi connectivity index (χ2v) is 4.90. The lowest BCUT2D eigenvalue weighted by Crippen LogP contribution is -1.87. The van der Waals surface area contributed by atoms with Crippen molar-refractivity contribution in [2.75, 3.05) is 0 Å². The highest BCUT2D eigenvalue weighted by Gasteiger charge is 2.04.